The van der Waals surface area contributed by atoms with E-state index in [1.54, 1.807) is 42.5 Å². The zero-order valence-electron chi connectivity index (χ0n) is 15.5. The summed E-state index contributed by atoms with van der Waals surface area (Å²) in [5, 5.41) is 0.286. The van der Waals surface area contributed by atoms with Crippen LogP contribution in [0.3, 0.4) is 0 Å². The number of thiocarbonyl (C=S) groups is 1. The molecule has 1 aliphatic rings. The molecule has 150 valence electrons. The number of methoxy groups -OCH3 is 1. The van der Waals surface area contributed by atoms with Crippen molar-refractivity contribution in [2.75, 3.05) is 13.7 Å². The Morgan fingerprint density at radius 3 is 2.79 bits per heavy atom. The first kappa shape index (κ1) is 21.4. The van der Waals surface area contributed by atoms with E-state index in [4.69, 9.17) is 33.3 Å². The number of carbonyl (C=O) groups is 1. The van der Waals surface area contributed by atoms with Crippen molar-refractivity contribution in [2.24, 2.45) is 0 Å². The van der Waals surface area contributed by atoms with Crippen molar-refractivity contribution < 1.29 is 18.7 Å². The van der Waals surface area contributed by atoms with Crippen molar-refractivity contribution in [3.63, 3.8) is 0 Å². The Bertz CT molecular complexity index is 1010. The van der Waals surface area contributed by atoms with Crippen LogP contribution in [-0.2, 0) is 11.4 Å². The van der Waals surface area contributed by atoms with Gasteiger partial charge in [-0.05, 0) is 29.8 Å². The van der Waals surface area contributed by atoms with Gasteiger partial charge in [-0.3, -0.25) is 9.69 Å². The lowest BCUT2D eigenvalue weighted by atomic mass is 10.1. The monoisotopic (exact) mass is 449 g/mol. The van der Waals surface area contributed by atoms with Crippen LogP contribution >= 0.6 is 35.6 Å². The SMILES string of the molecule is C=CCN1C(=O)C(=Cc2cc(Cl)c(OCc3ccccc3F)c(OC)c2)SC1=S. The van der Waals surface area contributed by atoms with E-state index in [0.29, 0.717) is 38.4 Å². The first-order valence-corrected chi connectivity index (χ1v) is 10.1. The van der Waals surface area contributed by atoms with Gasteiger partial charge in [0.05, 0.1) is 17.0 Å². The van der Waals surface area contributed by atoms with Gasteiger partial charge in [0, 0.05) is 12.1 Å². The number of halogens is 2. The summed E-state index contributed by atoms with van der Waals surface area (Å²) < 4.78 is 25.4. The minimum absolute atomic E-state index is 0.00229. The molecule has 3 rings (SSSR count). The fourth-order valence-electron chi connectivity index (χ4n) is 2.67. The minimum Gasteiger partial charge on any atom is -0.493 e. The molecule has 4 nitrogen and oxygen atoms in total. The van der Waals surface area contributed by atoms with E-state index < -0.39 is 0 Å². The molecule has 0 saturated carbocycles. The highest BCUT2D eigenvalue weighted by atomic mass is 35.5. The Morgan fingerprint density at radius 1 is 1.34 bits per heavy atom. The largest absolute Gasteiger partial charge is 0.493 e. The molecule has 1 aliphatic heterocycles. The Kier molecular flexibility index (Phi) is 6.95. The van der Waals surface area contributed by atoms with Crippen LogP contribution in [0.5, 0.6) is 11.5 Å². The molecule has 8 heteroatoms. The van der Waals surface area contributed by atoms with Crippen LogP contribution in [0.4, 0.5) is 4.39 Å². The summed E-state index contributed by atoms with van der Waals surface area (Å²) >= 11 is 12.8. The number of hydrogen-bond donors (Lipinski definition) is 0. The topological polar surface area (TPSA) is 38.8 Å². The molecule has 1 heterocycles. The quantitative estimate of drug-likeness (QED) is 0.319. The molecule has 0 aromatic heterocycles. The van der Waals surface area contributed by atoms with Gasteiger partial charge in [-0.1, -0.05) is 59.9 Å². The van der Waals surface area contributed by atoms with Gasteiger partial charge < -0.3 is 9.47 Å². The van der Waals surface area contributed by atoms with Crippen molar-refractivity contribution in [3.8, 4) is 11.5 Å². The van der Waals surface area contributed by atoms with E-state index in [1.807, 2.05) is 0 Å². The van der Waals surface area contributed by atoms with Crippen LogP contribution in [0.15, 0.2) is 54.0 Å². The van der Waals surface area contributed by atoms with Crippen molar-refractivity contribution in [2.45, 2.75) is 6.61 Å². The van der Waals surface area contributed by atoms with Crippen LogP contribution in [0, 0.1) is 5.82 Å². The standard InChI is InChI=1S/C21H17ClFNO3S2/c1-3-8-24-20(25)18(29-21(24)28)11-13-9-15(22)19(17(10-13)26-2)27-12-14-6-4-5-7-16(14)23/h3-7,9-11H,1,8,12H2,2H3. The van der Waals surface area contributed by atoms with Crippen LogP contribution < -0.4 is 9.47 Å². The van der Waals surface area contributed by atoms with Crippen LogP contribution in [-0.4, -0.2) is 28.8 Å². The average Bonchev–Trinajstić information content (AvgIpc) is 2.95. The lowest BCUT2D eigenvalue weighted by Crippen LogP contribution is -2.27. The lowest BCUT2D eigenvalue weighted by Gasteiger charge is -2.14. The number of carbonyl (C=O) groups excluding carboxylic acids is 1. The Hall–Kier alpha value is -2.35. The molecule has 0 bridgehead atoms. The molecule has 2 aromatic rings. The third kappa shape index (κ3) is 4.80. The molecular formula is C21H17ClFNO3S2. The highest BCUT2D eigenvalue weighted by molar-refractivity contribution is 8.26. The fraction of sp³-hybridized carbons (Fsp3) is 0.143. The summed E-state index contributed by atoms with van der Waals surface area (Å²) in [5.41, 5.74) is 1.06. The zero-order chi connectivity index (χ0) is 21.0. The summed E-state index contributed by atoms with van der Waals surface area (Å²) in [5.74, 6) is 0.131. The third-order valence-electron chi connectivity index (χ3n) is 4.06. The van der Waals surface area contributed by atoms with Crippen LogP contribution in [0.2, 0.25) is 5.02 Å². The van der Waals surface area contributed by atoms with Crippen molar-refractivity contribution in [1.29, 1.82) is 0 Å². The summed E-state index contributed by atoms with van der Waals surface area (Å²) in [4.78, 5) is 14.4. The fourth-order valence-corrected chi connectivity index (χ4v) is 4.22. The summed E-state index contributed by atoms with van der Waals surface area (Å²) in [6.07, 6.45) is 3.31. The second-order valence-electron chi connectivity index (χ2n) is 6.00. The number of thioether (sulfide) groups is 1. The molecule has 0 spiro atoms. The van der Waals surface area contributed by atoms with Crippen LogP contribution in [0.25, 0.3) is 6.08 Å². The molecular weight excluding hydrogens is 433 g/mol. The van der Waals surface area contributed by atoms with Gasteiger partial charge >= 0.3 is 0 Å². The highest BCUT2D eigenvalue weighted by Gasteiger charge is 2.31. The van der Waals surface area contributed by atoms with Crippen LogP contribution in [0.1, 0.15) is 11.1 Å². The molecule has 1 fully saturated rings. The van der Waals surface area contributed by atoms with Gasteiger partial charge in [-0.15, -0.1) is 6.58 Å². The van der Waals surface area contributed by atoms with Gasteiger partial charge in [0.1, 0.15) is 16.7 Å². The van der Waals surface area contributed by atoms with Gasteiger partial charge in [-0.2, -0.15) is 0 Å². The zero-order valence-corrected chi connectivity index (χ0v) is 17.9. The number of benzene rings is 2. The van der Waals surface area contributed by atoms with Gasteiger partial charge in [-0.25, -0.2) is 4.39 Å². The number of rotatable bonds is 7. The second kappa shape index (κ2) is 9.43. The van der Waals surface area contributed by atoms with E-state index in [1.165, 1.54) is 29.8 Å². The summed E-state index contributed by atoms with van der Waals surface area (Å²) in [6, 6.07) is 9.69. The molecule has 1 saturated heterocycles. The molecule has 29 heavy (non-hydrogen) atoms. The van der Waals surface area contributed by atoms with Crippen molar-refractivity contribution in [3.05, 3.63) is 75.9 Å². The third-order valence-corrected chi connectivity index (χ3v) is 5.72. The smallest absolute Gasteiger partial charge is 0.266 e. The lowest BCUT2D eigenvalue weighted by molar-refractivity contribution is -0.121. The average molecular weight is 450 g/mol. The molecule has 1 amide bonds. The molecule has 0 atom stereocenters. The maximum atomic E-state index is 13.8. The molecule has 0 N–H and O–H groups in total. The number of hydrogen-bond acceptors (Lipinski definition) is 5. The normalized spacial score (nSPS) is 15.1. The number of ether oxygens (including phenoxy) is 2. The minimum atomic E-state index is -0.360. The van der Waals surface area contributed by atoms with E-state index in [0.717, 1.165) is 0 Å². The first-order chi connectivity index (χ1) is 13.9. The van der Waals surface area contributed by atoms with E-state index in [9.17, 15) is 9.18 Å². The summed E-state index contributed by atoms with van der Waals surface area (Å²) in [7, 11) is 1.48. The van der Waals surface area contributed by atoms with Gasteiger partial charge in [0.2, 0.25) is 0 Å². The predicted molar refractivity (Wildman–Crippen MR) is 119 cm³/mol. The predicted octanol–water partition coefficient (Wildman–Crippen LogP) is 5.45. The van der Waals surface area contributed by atoms with E-state index in [-0.39, 0.29) is 23.4 Å². The van der Waals surface area contributed by atoms with Gasteiger partial charge in [0.15, 0.2) is 11.5 Å². The maximum absolute atomic E-state index is 13.8. The Morgan fingerprint density at radius 2 is 2.10 bits per heavy atom. The Balaban J connectivity index is 1.85. The van der Waals surface area contributed by atoms with Gasteiger partial charge in [0.25, 0.3) is 5.91 Å². The maximum Gasteiger partial charge on any atom is 0.266 e. The number of nitrogens with zero attached hydrogens (tertiary/aromatic N) is 1. The second-order valence-corrected chi connectivity index (χ2v) is 8.08. The number of amides is 1. The highest BCUT2D eigenvalue weighted by Crippen LogP contribution is 2.39. The first-order valence-electron chi connectivity index (χ1n) is 8.54. The molecule has 0 unspecified atom stereocenters. The molecule has 2 aromatic carbocycles. The summed E-state index contributed by atoms with van der Waals surface area (Å²) in [6.45, 7) is 4.00. The van der Waals surface area contributed by atoms with E-state index in [2.05, 4.69) is 6.58 Å². The molecule has 0 aliphatic carbocycles. The molecule has 0 radical (unpaired) electrons. The Labute approximate surface area is 182 Å². The van der Waals surface area contributed by atoms with Crippen molar-refractivity contribution in [1.82, 2.24) is 4.90 Å². The van der Waals surface area contributed by atoms with Crippen molar-refractivity contribution >= 4 is 51.9 Å². The van der Waals surface area contributed by atoms with E-state index >= 15 is 0 Å².